The van der Waals surface area contributed by atoms with Crippen molar-refractivity contribution in [2.45, 2.75) is 31.2 Å². The lowest BCUT2D eigenvalue weighted by Gasteiger charge is -2.46. The van der Waals surface area contributed by atoms with Gasteiger partial charge in [0.25, 0.3) is 5.91 Å². The molecule has 2 aliphatic heterocycles. The van der Waals surface area contributed by atoms with Crippen molar-refractivity contribution in [2.24, 2.45) is 0 Å². The molecule has 0 aromatic carbocycles. The van der Waals surface area contributed by atoms with Gasteiger partial charge in [0.05, 0.1) is 36.8 Å². The van der Waals surface area contributed by atoms with Crippen LogP contribution in [-0.4, -0.2) is 74.9 Å². The summed E-state index contributed by atoms with van der Waals surface area (Å²) in [6.07, 6.45) is 3.43. The van der Waals surface area contributed by atoms with E-state index in [2.05, 4.69) is 19.9 Å². The number of anilines is 1. The maximum Gasteiger partial charge on any atom is 0.490 e. The Morgan fingerprint density at radius 1 is 1.26 bits per heavy atom. The second-order valence-electron chi connectivity index (χ2n) is 7.05. The maximum atomic E-state index is 12.2. The number of ether oxygens (including phenoxy) is 1. The first kappa shape index (κ1) is 23.0. The normalized spacial score (nSPS) is 19.1. The minimum absolute atomic E-state index is 0.0272. The summed E-state index contributed by atoms with van der Waals surface area (Å²) in [5.74, 6) is -2.78. The smallest absolute Gasteiger partial charge is 0.475 e. The van der Waals surface area contributed by atoms with Gasteiger partial charge in [-0.3, -0.25) is 9.69 Å². The van der Waals surface area contributed by atoms with E-state index in [0.717, 1.165) is 43.2 Å². The van der Waals surface area contributed by atoms with Crippen LogP contribution in [0.3, 0.4) is 0 Å². The highest BCUT2D eigenvalue weighted by atomic mass is 32.1. The molecule has 0 unspecified atom stereocenters. The highest BCUT2D eigenvalue weighted by molar-refractivity contribution is 7.09. The summed E-state index contributed by atoms with van der Waals surface area (Å²) in [6, 6.07) is 0. The molecule has 0 atom stereocenters. The first-order valence-corrected chi connectivity index (χ1v) is 10.2. The predicted molar refractivity (Wildman–Crippen MR) is 103 cm³/mol. The van der Waals surface area contributed by atoms with Crippen LogP contribution in [0.1, 0.15) is 17.8 Å². The van der Waals surface area contributed by atoms with Gasteiger partial charge in [0.1, 0.15) is 17.9 Å². The lowest BCUT2D eigenvalue weighted by Crippen LogP contribution is -2.58. The van der Waals surface area contributed by atoms with Crippen LogP contribution in [0, 0.1) is 0 Å². The predicted octanol–water partition coefficient (Wildman–Crippen LogP) is 1.96. The van der Waals surface area contributed by atoms with E-state index in [4.69, 9.17) is 14.6 Å². The fourth-order valence-electron chi connectivity index (χ4n) is 3.32. The number of piperidine rings is 1. The molecule has 4 rings (SSSR count). The Bertz CT molecular complexity index is 874. The first-order chi connectivity index (χ1) is 14.7. The Kier molecular flexibility index (Phi) is 7.18. The molecule has 2 saturated heterocycles. The van der Waals surface area contributed by atoms with Crippen molar-refractivity contribution < 1.29 is 32.6 Å². The number of hydrogen-bond acceptors (Lipinski definition) is 8. The Hall–Kier alpha value is -2.64. The molecule has 2 aromatic rings. The summed E-state index contributed by atoms with van der Waals surface area (Å²) >= 11 is 1.69. The number of carbonyl (C=O) groups excluding carboxylic acids is 1. The van der Waals surface area contributed by atoms with E-state index in [9.17, 15) is 18.0 Å². The maximum absolute atomic E-state index is 12.2. The molecule has 0 aliphatic carbocycles. The standard InChI is InChI=1S/C16H19N5O2S.C2HF3O2/c22-15-10-23-16(11-21(15)13-7-17-12-18-8-13)1-4-20(5-2-16)9-14-19-3-6-24-14;3-2(4,5)1(6)7/h3,6-8,12H,1-2,4-5,9-11H2;(H,6,7). The fraction of sp³-hybridized carbons (Fsp3) is 0.500. The Morgan fingerprint density at radius 3 is 2.45 bits per heavy atom. The van der Waals surface area contributed by atoms with Crippen molar-refractivity contribution in [3.05, 3.63) is 35.3 Å². The summed E-state index contributed by atoms with van der Waals surface area (Å²) in [5, 5.41) is 10.3. The van der Waals surface area contributed by atoms with E-state index in [0.29, 0.717) is 6.54 Å². The lowest BCUT2D eigenvalue weighted by molar-refractivity contribution is -0.192. The minimum Gasteiger partial charge on any atom is -0.475 e. The number of aromatic nitrogens is 3. The van der Waals surface area contributed by atoms with Crippen LogP contribution in [0.5, 0.6) is 0 Å². The molecule has 31 heavy (non-hydrogen) atoms. The van der Waals surface area contributed by atoms with Crippen molar-refractivity contribution in [1.82, 2.24) is 19.9 Å². The molecule has 168 valence electrons. The average molecular weight is 459 g/mol. The fourth-order valence-corrected chi connectivity index (χ4v) is 3.98. The molecule has 2 aromatic heterocycles. The molecule has 9 nitrogen and oxygen atoms in total. The number of thiazole rings is 1. The summed E-state index contributed by atoms with van der Waals surface area (Å²) in [7, 11) is 0. The number of rotatable bonds is 3. The second-order valence-corrected chi connectivity index (χ2v) is 8.03. The number of nitrogens with zero attached hydrogens (tertiary/aromatic N) is 5. The van der Waals surface area contributed by atoms with E-state index >= 15 is 0 Å². The van der Waals surface area contributed by atoms with Crippen molar-refractivity contribution >= 4 is 28.9 Å². The number of aliphatic carboxylic acids is 1. The lowest BCUT2D eigenvalue weighted by atomic mass is 9.89. The van der Waals surface area contributed by atoms with E-state index < -0.39 is 12.1 Å². The monoisotopic (exact) mass is 459 g/mol. The van der Waals surface area contributed by atoms with Crippen LogP contribution < -0.4 is 4.90 Å². The molecule has 13 heteroatoms. The van der Waals surface area contributed by atoms with Gasteiger partial charge >= 0.3 is 12.1 Å². The van der Waals surface area contributed by atoms with Crippen LogP contribution in [0.4, 0.5) is 18.9 Å². The van der Waals surface area contributed by atoms with Gasteiger partial charge in [-0.1, -0.05) is 0 Å². The molecule has 2 fully saturated rings. The Labute approximate surface area is 179 Å². The van der Waals surface area contributed by atoms with E-state index in [-0.39, 0.29) is 18.1 Å². The van der Waals surface area contributed by atoms with Crippen molar-refractivity contribution in [3.8, 4) is 0 Å². The number of amides is 1. The number of hydrogen-bond donors (Lipinski definition) is 1. The van der Waals surface area contributed by atoms with Crippen molar-refractivity contribution in [2.75, 3.05) is 31.1 Å². The molecular weight excluding hydrogens is 439 g/mol. The molecule has 2 aliphatic rings. The third-order valence-corrected chi connectivity index (χ3v) is 5.72. The van der Waals surface area contributed by atoms with Gasteiger partial charge in [-0.15, -0.1) is 11.3 Å². The van der Waals surface area contributed by atoms with Crippen LogP contribution in [0.15, 0.2) is 30.3 Å². The highest BCUT2D eigenvalue weighted by Crippen LogP contribution is 2.32. The number of likely N-dealkylation sites (tertiary alicyclic amines) is 1. The number of alkyl halides is 3. The van der Waals surface area contributed by atoms with Gasteiger partial charge in [0.15, 0.2) is 0 Å². The summed E-state index contributed by atoms with van der Waals surface area (Å²) in [6.45, 7) is 3.49. The number of halogens is 3. The second kappa shape index (κ2) is 9.66. The topological polar surface area (TPSA) is 109 Å². The summed E-state index contributed by atoms with van der Waals surface area (Å²) < 4.78 is 37.7. The van der Waals surface area contributed by atoms with Gasteiger partial charge in [-0.2, -0.15) is 13.2 Å². The third-order valence-electron chi connectivity index (χ3n) is 4.96. The van der Waals surface area contributed by atoms with Crippen LogP contribution in [-0.2, 0) is 20.9 Å². The van der Waals surface area contributed by atoms with Crippen LogP contribution >= 0.6 is 11.3 Å². The molecule has 1 spiro atoms. The van der Waals surface area contributed by atoms with Gasteiger partial charge < -0.3 is 14.7 Å². The molecule has 1 N–H and O–H groups in total. The SMILES string of the molecule is O=C(O)C(F)(F)F.O=C1COC2(CCN(Cc3nccs3)CC2)CN1c1cncnc1. The molecular formula is C18H20F3N5O4S. The number of carboxylic acid groups (broad SMARTS) is 1. The molecule has 0 saturated carbocycles. The van der Waals surface area contributed by atoms with Gasteiger partial charge in [0.2, 0.25) is 0 Å². The van der Waals surface area contributed by atoms with Gasteiger partial charge in [-0.25, -0.2) is 19.7 Å². The quantitative estimate of drug-likeness (QED) is 0.742. The zero-order chi connectivity index (χ0) is 22.5. The van der Waals surface area contributed by atoms with Crippen molar-refractivity contribution in [3.63, 3.8) is 0 Å². The number of carboxylic acids is 1. The van der Waals surface area contributed by atoms with Gasteiger partial charge in [0, 0.05) is 24.7 Å². The molecule has 0 bridgehead atoms. The van der Waals surface area contributed by atoms with Crippen molar-refractivity contribution in [1.29, 1.82) is 0 Å². The minimum atomic E-state index is -5.08. The van der Waals surface area contributed by atoms with E-state index in [1.165, 1.54) is 6.33 Å². The van der Waals surface area contributed by atoms with Crippen LogP contribution in [0.2, 0.25) is 0 Å². The highest BCUT2D eigenvalue weighted by Gasteiger charge is 2.43. The third kappa shape index (κ3) is 6.18. The summed E-state index contributed by atoms with van der Waals surface area (Å²) in [4.78, 5) is 37.7. The van der Waals surface area contributed by atoms with E-state index in [1.807, 2.05) is 11.6 Å². The first-order valence-electron chi connectivity index (χ1n) is 9.29. The molecule has 0 radical (unpaired) electrons. The Morgan fingerprint density at radius 2 is 1.90 bits per heavy atom. The van der Waals surface area contributed by atoms with Crippen LogP contribution in [0.25, 0.3) is 0 Å². The Balaban J connectivity index is 0.000000339. The molecule has 4 heterocycles. The number of morpholine rings is 1. The zero-order valence-electron chi connectivity index (χ0n) is 16.3. The average Bonchev–Trinajstić information content (AvgIpc) is 3.25. The largest absolute Gasteiger partial charge is 0.490 e. The summed E-state index contributed by atoms with van der Waals surface area (Å²) in [5.41, 5.74) is 0.485. The van der Waals surface area contributed by atoms with Gasteiger partial charge in [-0.05, 0) is 12.8 Å². The number of carbonyl (C=O) groups is 2. The van der Waals surface area contributed by atoms with E-state index in [1.54, 1.807) is 28.6 Å². The zero-order valence-corrected chi connectivity index (χ0v) is 17.1. The molecule has 1 amide bonds.